The van der Waals surface area contributed by atoms with E-state index in [0.29, 0.717) is 43.0 Å². The fourth-order valence-electron chi connectivity index (χ4n) is 4.82. The average molecular weight is 422 g/mol. The number of carbonyl (C=O) groups excluding carboxylic acids is 1. The molecule has 0 N–H and O–H groups in total. The van der Waals surface area contributed by atoms with Crippen molar-refractivity contribution in [3.63, 3.8) is 0 Å². The molecular weight excluding hydrogens is 402 g/mol. The van der Waals surface area contributed by atoms with Crippen molar-refractivity contribution in [1.82, 2.24) is 15.0 Å². The van der Waals surface area contributed by atoms with E-state index in [1.165, 1.54) is 23.5 Å². The number of amides is 1. The quantitative estimate of drug-likeness (QED) is 0.758. The third-order valence-corrected chi connectivity index (χ3v) is 6.54. The third-order valence-electron chi connectivity index (χ3n) is 6.54. The first kappa shape index (κ1) is 19.5. The number of anilines is 1. The standard InChI is InChI=1S/C22H20F2N6O/c23-15-7-14(8-16(24)9-15)19-1-5-28-30(19)21(31)18-2-6-29(12-22(18)3-4-22)20-10-17(11-25)26-13-27-20/h5,7-10,13,18-19H,1-4,6,12H2. The molecule has 1 saturated carbocycles. The molecule has 2 unspecified atom stereocenters. The maximum atomic E-state index is 13.7. The van der Waals surface area contributed by atoms with E-state index in [1.54, 1.807) is 12.3 Å². The van der Waals surface area contributed by atoms with Crippen LogP contribution in [0.15, 0.2) is 35.7 Å². The Morgan fingerprint density at radius 1 is 1.16 bits per heavy atom. The van der Waals surface area contributed by atoms with Crippen molar-refractivity contribution in [3.8, 4) is 6.07 Å². The second-order valence-corrected chi connectivity index (χ2v) is 8.43. The van der Waals surface area contributed by atoms with Crippen molar-refractivity contribution in [2.45, 2.75) is 31.7 Å². The van der Waals surface area contributed by atoms with E-state index in [-0.39, 0.29) is 17.2 Å². The second-order valence-electron chi connectivity index (χ2n) is 8.43. The normalized spacial score (nSPS) is 23.8. The summed E-state index contributed by atoms with van der Waals surface area (Å²) < 4.78 is 27.5. The van der Waals surface area contributed by atoms with Gasteiger partial charge in [0.15, 0.2) is 0 Å². The van der Waals surface area contributed by atoms with Crippen LogP contribution in [0.2, 0.25) is 0 Å². The van der Waals surface area contributed by atoms with Crippen molar-refractivity contribution in [2.75, 3.05) is 18.0 Å². The minimum absolute atomic E-state index is 0.0963. The zero-order valence-corrected chi connectivity index (χ0v) is 16.7. The highest BCUT2D eigenvalue weighted by molar-refractivity contribution is 5.83. The van der Waals surface area contributed by atoms with Crippen molar-refractivity contribution in [2.24, 2.45) is 16.4 Å². The molecule has 158 valence electrons. The molecule has 1 aliphatic carbocycles. The van der Waals surface area contributed by atoms with Crippen LogP contribution in [0.25, 0.3) is 0 Å². The van der Waals surface area contributed by atoms with Gasteiger partial charge in [-0.15, -0.1) is 0 Å². The number of carbonyl (C=O) groups is 1. The maximum absolute atomic E-state index is 13.7. The van der Waals surface area contributed by atoms with Gasteiger partial charge in [0.25, 0.3) is 0 Å². The Hall–Kier alpha value is -3.41. The smallest absolute Gasteiger partial charge is 0.247 e. The largest absolute Gasteiger partial charge is 0.356 e. The Labute approximate surface area is 178 Å². The van der Waals surface area contributed by atoms with E-state index in [1.807, 2.05) is 6.07 Å². The van der Waals surface area contributed by atoms with Crippen LogP contribution in [0.5, 0.6) is 0 Å². The SMILES string of the molecule is N#Cc1cc(N2CCC(C(=O)N3N=CCC3c3cc(F)cc(F)c3)C3(CC3)C2)ncn1. The predicted octanol–water partition coefficient (Wildman–Crippen LogP) is 3.19. The lowest BCUT2D eigenvalue weighted by Crippen LogP contribution is -2.48. The first-order chi connectivity index (χ1) is 15.0. The van der Waals surface area contributed by atoms with Gasteiger partial charge < -0.3 is 4.90 Å². The Kier molecular flexibility index (Phi) is 4.65. The number of hydrazone groups is 1. The molecule has 1 amide bonds. The van der Waals surface area contributed by atoms with Crippen LogP contribution in [-0.4, -0.2) is 40.2 Å². The predicted molar refractivity (Wildman–Crippen MR) is 108 cm³/mol. The lowest BCUT2D eigenvalue weighted by atomic mass is 9.81. The summed E-state index contributed by atoms with van der Waals surface area (Å²) in [7, 11) is 0. The highest BCUT2D eigenvalue weighted by Gasteiger charge is 2.56. The number of hydrogen-bond donors (Lipinski definition) is 0. The van der Waals surface area contributed by atoms with Crippen LogP contribution in [0.1, 0.15) is 43.0 Å². The van der Waals surface area contributed by atoms with Gasteiger partial charge in [-0.1, -0.05) is 0 Å². The second kappa shape index (κ2) is 7.38. The molecule has 1 aromatic carbocycles. The maximum Gasteiger partial charge on any atom is 0.247 e. The number of rotatable bonds is 3. The van der Waals surface area contributed by atoms with Gasteiger partial charge in [-0.2, -0.15) is 10.4 Å². The van der Waals surface area contributed by atoms with E-state index in [4.69, 9.17) is 5.26 Å². The first-order valence-corrected chi connectivity index (χ1v) is 10.3. The monoisotopic (exact) mass is 422 g/mol. The molecule has 3 aliphatic rings. The zero-order valence-electron chi connectivity index (χ0n) is 16.7. The van der Waals surface area contributed by atoms with Gasteiger partial charge in [-0.05, 0) is 42.4 Å². The summed E-state index contributed by atoms with van der Waals surface area (Å²) in [5, 5.41) is 14.8. The van der Waals surface area contributed by atoms with E-state index in [9.17, 15) is 13.6 Å². The molecule has 2 aliphatic heterocycles. The van der Waals surface area contributed by atoms with E-state index >= 15 is 0 Å². The van der Waals surface area contributed by atoms with Crippen molar-refractivity contribution < 1.29 is 13.6 Å². The average Bonchev–Trinajstić information content (AvgIpc) is 3.34. The number of piperidine rings is 1. The van der Waals surface area contributed by atoms with Gasteiger partial charge in [-0.25, -0.2) is 23.8 Å². The van der Waals surface area contributed by atoms with Gasteiger partial charge >= 0.3 is 0 Å². The number of benzene rings is 1. The molecule has 1 aromatic heterocycles. The summed E-state index contributed by atoms with van der Waals surface area (Å²) in [6.45, 7) is 1.29. The van der Waals surface area contributed by atoms with Crippen molar-refractivity contribution in [3.05, 3.63) is 53.5 Å². The van der Waals surface area contributed by atoms with Crippen molar-refractivity contribution >= 4 is 17.9 Å². The number of hydrogen-bond acceptors (Lipinski definition) is 6. The van der Waals surface area contributed by atoms with Gasteiger partial charge in [-0.3, -0.25) is 4.79 Å². The van der Waals surface area contributed by atoms with Crippen LogP contribution in [0.3, 0.4) is 0 Å². The van der Waals surface area contributed by atoms with Gasteiger partial charge in [0.05, 0.1) is 6.04 Å². The molecule has 7 nitrogen and oxygen atoms in total. The molecule has 31 heavy (non-hydrogen) atoms. The summed E-state index contributed by atoms with van der Waals surface area (Å²) >= 11 is 0. The molecule has 3 heterocycles. The summed E-state index contributed by atoms with van der Waals surface area (Å²) in [5.74, 6) is -0.945. The number of nitrogens with zero attached hydrogens (tertiary/aromatic N) is 6. The van der Waals surface area contributed by atoms with E-state index < -0.39 is 17.7 Å². The fourth-order valence-corrected chi connectivity index (χ4v) is 4.82. The molecule has 1 saturated heterocycles. The Morgan fingerprint density at radius 3 is 2.65 bits per heavy atom. The lowest BCUT2D eigenvalue weighted by Gasteiger charge is -2.40. The summed E-state index contributed by atoms with van der Waals surface area (Å²) in [4.78, 5) is 23.8. The van der Waals surface area contributed by atoms with Gasteiger partial charge in [0.1, 0.15) is 35.5 Å². The minimum atomic E-state index is -0.664. The van der Waals surface area contributed by atoms with E-state index in [0.717, 1.165) is 18.9 Å². The highest BCUT2D eigenvalue weighted by atomic mass is 19.1. The summed E-state index contributed by atoms with van der Waals surface area (Å²) in [6.07, 6.45) is 5.91. The van der Waals surface area contributed by atoms with Crippen molar-refractivity contribution in [1.29, 1.82) is 5.26 Å². The molecular formula is C22H20F2N6O. The van der Waals surface area contributed by atoms with Gasteiger partial charge in [0, 0.05) is 43.8 Å². The molecule has 2 atom stereocenters. The molecule has 9 heteroatoms. The van der Waals surface area contributed by atoms with Crippen LogP contribution < -0.4 is 4.90 Å². The first-order valence-electron chi connectivity index (χ1n) is 10.3. The summed E-state index contributed by atoms with van der Waals surface area (Å²) in [5.41, 5.74) is 0.559. The number of aromatic nitrogens is 2. The van der Waals surface area contributed by atoms with Gasteiger partial charge in [0.2, 0.25) is 5.91 Å². The number of halogens is 2. The topological polar surface area (TPSA) is 85.5 Å². The van der Waals surface area contributed by atoms with Crippen LogP contribution in [-0.2, 0) is 4.79 Å². The van der Waals surface area contributed by atoms with Crippen LogP contribution >= 0.6 is 0 Å². The molecule has 2 aromatic rings. The van der Waals surface area contributed by atoms with Crippen LogP contribution in [0.4, 0.5) is 14.6 Å². The Morgan fingerprint density at radius 2 is 1.94 bits per heavy atom. The summed E-state index contributed by atoms with van der Waals surface area (Å²) in [6, 6.07) is 6.55. The third kappa shape index (κ3) is 3.52. The Bertz CT molecular complexity index is 1090. The molecule has 5 rings (SSSR count). The Balaban J connectivity index is 1.35. The molecule has 2 fully saturated rings. The van der Waals surface area contributed by atoms with E-state index in [2.05, 4.69) is 20.0 Å². The lowest BCUT2D eigenvalue weighted by molar-refractivity contribution is -0.140. The minimum Gasteiger partial charge on any atom is -0.356 e. The highest BCUT2D eigenvalue weighted by Crippen LogP contribution is 2.57. The van der Waals surface area contributed by atoms with Crippen LogP contribution in [0, 0.1) is 34.3 Å². The molecule has 1 spiro atoms. The molecule has 0 radical (unpaired) electrons. The fraction of sp³-hybridized carbons (Fsp3) is 0.409. The number of nitriles is 1. The molecule has 0 bridgehead atoms. The zero-order chi connectivity index (χ0) is 21.6.